The molecule has 1 nitrogen and oxygen atoms in total. The van der Waals surface area contributed by atoms with Crippen LogP contribution in [0.1, 0.15) is 24.8 Å². The molecule has 1 aliphatic rings. The summed E-state index contributed by atoms with van der Waals surface area (Å²) in [5.41, 5.74) is 1.39. The van der Waals surface area contributed by atoms with E-state index in [-0.39, 0.29) is 0 Å². The predicted octanol–water partition coefficient (Wildman–Crippen LogP) is 3.25. The van der Waals surface area contributed by atoms with E-state index in [1.807, 2.05) is 0 Å². The first-order chi connectivity index (χ1) is 6.86. The number of halogens is 1. The predicted molar refractivity (Wildman–Crippen MR) is 63.0 cm³/mol. The van der Waals surface area contributed by atoms with Gasteiger partial charge in [-0.3, -0.25) is 0 Å². The first-order valence-electron chi connectivity index (χ1n) is 5.22. The molecule has 1 saturated carbocycles. The summed E-state index contributed by atoms with van der Waals surface area (Å²) in [6.45, 7) is 2.06. The lowest BCUT2D eigenvalue weighted by Gasteiger charge is -2.13. The van der Waals surface area contributed by atoms with Crippen LogP contribution in [0.25, 0.3) is 0 Å². The van der Waals surface area contributed by atoms with E-state index >= 15 is 0 Å². The van der Waals surface area contributed by atoms with Crippen LogP contribution >= 0.6 is 22.9 Å². The summed E-state index contributed by atoms with van der Waals surface area (Å²) in [6.07, 6.45) is 3.80. The number of alkyl halides is 1. The van der Waals surface area contributed by atoms with Crippen molar-refractivity contribution in [3.63, 3.8) is 0 Å². The molecule has 2 rings (SSSR count). The van der Waals surface area contributed by atoms with Gasteiger partial charge in [0.1, 0.15) is 0 Å². The molecule has 1 N–H and O–H groups in total. The Hall–Kier alpha value is -0.0500. The van der Waals surface area contributed by atoms with Gasteiger partial charge in [0.15, 0.2) is 0 Å². The number of hydrogen-bond acceptors (Lipinski definition) is 2. The van der Waals surface area contributed by atoms with Crippen LogP contribution in [0.4, 0.5) is 0 Å². The minimum atomic E-state index is 0.407. The molecular formula is C11H16ClNS. The van der Waals surface area contributed by atoms with Crippen LogP contribution in [0, 0.1) is 5.92 Å². The monoisotopic (exact) mass is 229 g/mol. The lowest BCUT2D eigenvalue weighted by Crippen LogP contribution is -2.25. The van der Waals surface area contributed by atoms with Crippen molar-refractivity contribution in [3.8, 4) is 0 Å². The van der Waals surface area contributed by atoms with Crippen molar-refractivity contribution in [3.05, 3.63) is 22.4 Å². The summed E-state index contributed by atoms with van der Waals surface area (Å²) in [7, 11) is 0. The van der Waals surface area contributed by atoms with Crippen LogP contribution in [0.15, 0.2) is 16.8 Å². The van der Waals surface area contributed by atoms with Crippen molar-refractivity contribution in [2.24, 2.45) is 5.92 Å². The molecular weight excluding hydrogens is 214 g/mol. The molecule has 14 heavy (non-hydrogen) atoms. The Balaban J connectivity index is 1.68. The van der Waals surface area contributed by atoms with Gasteiger partial charge in [0, 0.05) is 11.9 Å². The summed E-state index contributed by atoms with van der Waals surface area (Å²) < 4.78 is 0. The summed E-state index contributed by atoms with van der Waals surface area (Å²) in [4.78, 5) is 0. The van der Waals surface area contributed by atoms with Crippen LogP contribution in [-0.4, -0.2) is 11.9 Å². The average molecular weight is 230 g/mol. The minimum Gasteiger partial charge on any atom is -0.312 e. The lowest BCUT2D eigenvalue weighted by atomic mass is 10.1. The van der Waals surface area contributed by atoms with E-state index in [2.05, 4.69) is 22.1 Å². The van der Waals surface area contributed by atoms with E-state index < -0.39 is 0 Å². The van der Waals surface area contributed by atoms with Gasteiger partial charge in [-0.15, -0.1) is 11.6 Å². The number of nitrogens with one attached hydrogen (secondary N) is 1. The summed E-state index contributed by atoms with van der Waals surface area (Å²) in [5, 5.41) is 8.21. The molecule has 3 heteroatoms. The van der Waals surface area contributed by atoms with Crippen molar-refractivity contribution >= 4 is 22.9 Å². The topological polar surface area (TPSA) is 12.0 Å². The molecule has 0 spiro atoms. The third-order valence-corrected chi connectivity index (χ3v) is 4.19. The molecule has 1 aromatic heterocycles. The van der Waals surface area contributed by atoms with E-state index in [1.54, 1.807) is 11.3 Å². The van der Waals surface area contributed by atoms with Gasteiger partial charge in [-0.25, -0.2) is 0 Å². The number of rotatable bonds is 4. The van der Waals surface area contributed by atoms with Crippen molar-refractivity contribution < 1.29 is 0 Å². The SMILES string of the molecule is ClC1CCCC1CNCc1ccsc1. The highest BCUT2D eigenvalue weighted by Crippen LogP contribution is 2.29. The highest BCUT2D eigenvalue weighted by atomic mass is 35.5. The normalized spacial score (nSPS) is 26.9. The second kappa shape index (κ2) is 5.15. The molecule has 1 heterocycles. The lowest BCUT2D eigenvalue weighted by molar-refractivity contribution is 0.494. The van der Waals surface area contributed by atoms with Gasteiger partial charge in [-0.05, 0) is 47.7 Å². The second-order valence-electron chi connectivity index (χ2n) is 3.97. The van der Waals surface area contributed by atoms with Gasteiger partial charge < -0.3 is 5.32 Å². The van der Waals surface area contributed by atoms with Crippen molar-refractivity contribution in [2.75, 3.05) is 6.54 Å². The quantitative estimate of drug-likeness (QED) is 0.782. The summed E-state index contributed by atoms with van der Waals surface area (Å²) in [6, 6.07) is 2.17. The van der Waals surface area contributed by atoms with Gasteiger partial charge in [-0.1, -0.05) is 6.42 Å². The Morgan fingerprint density at radius 1 is 1.50 bits per heavy atom. The highest BCUT2D eigenvalue weighted by molar-refractivity contribution is 7.07. The fraction of sp³-hybridized carbons (Fsp3) is 0.636. The average Bonchev–Trinajstić information content (AvgIpc) is 2.78. The zero-order valence-electron chi connectivity index (χ0n) is 8.21. The second-order valence-corrected chi connectivity index (χ2v) is 5.31. The van der Waals surface area contributed by atoms with Gasteiger partial charge >= 0.3 is 0 Å². The smallest absolute Gasteiger partial charge is 0.0376 e. The van der Waals surface area contributed by atoms with Gasteiger partial charge in [0.25, 0.3) is 0 Å². The fourth-order valence-corrected chi connectivity index (χ4v) is 3.05. The standard InChI is InChI=1S/C11H16ClNS/c12-11-3-1-2-10(11)7-13-6-9-4-5-14-8-9/h4-5,8,10-11,13H,1-3,6-7H2. The van der Waals surface area contributed by atoms with Crippen LogP contribution in [-0.2, 0) is 6.54 Å². The molecule has 0 aliphatic heterocycles. The first-order valence-corrected chi connectivity index (χ1v) is 6.60. The van der Waals surface area contributed by atoms with Crippen LogP contribution in [0.5, 0.6) is 0 Å². The van der Waals surface area contributed by atoms with E-state index in [1.165, 1.54) is 24.8 Å². The van der Waals surface area contributed by atoms with Crippen LogP contribution in [0.3, 0.4) is 0 Å². The maximum absolute atomic E-state index is 6.20. The van der Waals surface area contributed by atoms with Crippen molar-refractivity contribution in [2.45, 2.75) is 31.2 Å². The minimum absolute atomic E-state index is 0.407. The molecule has 2 atom stereocenters. The highest BCUT2D eigenvalue weighted by Gasteiger charge is 2.24. The van der Waals surface area contributed by atoms with Crippen LogP contribution in [0.2, 0.25) is 0 Å². The first kappa shape index (κ1) is 10.5. The van der Waals surface area contributed by atoms with Gasteiger partial charge in [-0.2, -0.15) is 11.3 Å². The van der Waals surface area contributed by atoms with Crippen LogP contribution < -0.4 is 5.32 Å². The van der Waals surface area contributed by atoms with Gasteiger partial charge in [0.05, 0.1) is 0 Å². The Labute approximate surface area is 94.5 Å². The largest absolute Gasteiger partial charge is 0.312 e. The van der Waals surface area contributed by atoms with Crippen molar-refractivity contribution in [1.29, 1.82) is 0 Å². The Bertz CT molecular complexity index is 260. The Morgan fingerprint density at radius 2 is 2.43 bits per heavy atom. The molecule has 0 bridgehead atoms. The molecule has 78 valence electrons. The maximum atomic E-state index is 6.20. The van der Waals surface area contributed by atoms with E-state index in [9.17, 15) is 0 Å². The van der Waals surface area contributed by atoms with E-state index in [0.717, 1.165) is 13.1 Å². The van der Waals surface area contributed by atoms with E-state index in [4.69, 9.17) is 11.6 Å². The zero-order chi connectivity index (χ0) is 9.80. The fourth-order valence-electron chi connectivity index (χ4n) is 2.02. The number of thiophene rings is 1. The Morgan fingerprint density at radius 3 is 3.07 bits per heavy atom. The molecule has 2 unspecified atom stereocenters. The molecule has 0 saturated heterocycles. The third kappa shape index (κ3) is 2.72. The summed E-state index contributed by atoms with van der Waals surface area (Å²) in [5.74, 6) is 0.690. The maximum Gasteiger partial charge on any atom is 0.0376 e. The van der Waals surface area contributed by atoms with E-state index in [0.29, 0.717) is 11.3 Å². The van der Waals surface area contributed by atoms with Crippen molar-refractivity contribution in [1.82, 2.24) is 5.32 Å². The Kier molecular flexibility index (Phi) is 3.85. The third-order valence-electron chi connectivity index (χ3n) is 2.88. The molecule has 0 radical (unpaired) electrons. The van der Waals surface area contributed by atoms with Gasteiger partial charge in [0.2, 0.25) is 0 Å². The molecule has 1 aromatic rings. The molecule has 1 aliphatic carbocycles. The number of hydrogen-bond donors (Lipinski definition) is 1. The molecule has 1 fully saturated rings. The zero-order valence-corrected chi connectivity index (χ0v) is 9.78. The summed E-state index contributed by atoms with van der Waals surface area (Å²) >= 11 is 7.96. The molecule has 0 amide bonds. The molecule has 0 aromatic carbocycles.